The van der Waals surface area contributed by atoms with E-state index in [0.29, 0.717) is 11.2 Å². The maximum atomic E-state index is 5.79. The summed E-state index contributed by atoms with van der Waals surface area (Å²) < 4.78 is 0. The zero-order valence-corrected chi connectivity index (χ0v) is 8.33. The van der Waals surface area contributed by atoms with Crippen LogP contribution in [0.3, 0.4) is 0 Å². The highest BCUT2D eigenvalue weighted by Crippen LogP contribution is 2.30. The van der Waals surface area contributed by atoms with E-state index in [1.54, 1.807) is 0 Å². The first-order valence-electron chi connectivity index (χ1n) is 4.55. The van der Waals surface area contributed by atoms with Crippen LogP contribution < -0.4 is 4.90 Å². The summed E-state index contributed by atoms with van der Waals surface area (Å²) >= 11 is 5.79. The van der Waals surface area contributed by atoms with Gasteiger partial charge in [-0.05, 0) is 19.8 Å². The van der Waals surface area contributed by atoms with Gasteiger partial charge in [0.1, 0.15) is 17.3 Å². The molecule has 4 heteroatoms. The SMILES string of the molecule is CCN(c1cc(Cl)ncn1)C1CC1. The highest BCUT2D eigenvalue weighted by molar-refractivity contribution is 6.29. The van der Waals surface area contributed by atoms with Crippen molar-refractivity contribution in [2.45, 2.75) is 25.8 Å². The standard InChI is InChI=1S/C9H12ClN3/c1-2-13(7-3-4-7)9-5-8(10)11-6-12-9/h5-7H,2-4H2,1H3. The molecule has 0 spiro atoms. The molecule has 2 rings (SSSR count). The molecule has 0 unspecified atom stereocenters. The van der Waals surface area contributed by atoms with Gasteiger partial charge < -0.3 is 4.90 Å². The quantitative estimate of drug-likeness (QED) is 0.696. The van der Waals surface area contributed by atoms with Crippen molar-refractivity contribution in [3.8, 4) is 0 Å². The lowest BCUT2D eigenvalue weighted by Gasteiger charge is -2.20. The van der Waals surface area contributed by atoms with Gasteiger partial charge in [-0.1, -0.05) is 11.6 Å². The molecule has 0 atom stereocenters. The Balaban J connectivity index is 2.21. The van der Waals surface area contributed by atoms with Crippen molar-refractivity contribution in [2.24, 2.45) is 0 Å². The first-order valence-corrected chi connectivity index (χ1v) is 4.93. The normalized spacial score (nSPS) is 15.8. The van der Waals surface area contributed by atoms with Crippen LogP contribution in [-0.4, -0.2) is 22.6 Å². The van der Waals surface area contributed by atoms with Crippen molar-refractivity contribution in [1.29, 1.82) is 0 Å². The van der Waals surface area contributed by atoms with Crippen molar-refractivity contribution in [1.82, 2.24) is 9.97 Å². The molecule has 1 fully saturated rings. The van der Waals surface area contributed by atoms with E-state index in [1.807, 2.05) is 6.07 Å². The van der Waals surface area contributed by atoms with Crippen LogP contribution in [0.5, 0.6) is 0 Å². The second-order valence-corrected chi connectivity index (χ2v) is 3.60. The molecule has 1 aliphatic carbocycles. The maximum Gasteiger partial charge on any atom is 0.134 e. The summed E-state index contributed by atoms with van der Waals surface area (Å²) in [6.07, 6.45) is 4.06. The Labute approximate surface area is 82.8 Å². The van der Waals surface area contributed by atoms with Crippen LogP contribution in [0, 0.1) is 0 Å². The fourth-order valence-corrected chi connectivity index (χ4v) is 1.62. The molecular weight excluding hydrogens is 186 g/mol. The highest BCUT2D eigenvalue weighted by Gasteiger charge is 2.28. The first kappa shape index (κ1) is 8.75. The van der Waals surface area contributed by atoms with E-state index in [1.165, 1.54) is 19.2 Å². The van der Waals surface area contributed by atoms with Gasteiger partial charge in [0.25, 0.3) is 0 Å². The summed E-state index contributed by atoms with van der Waals surface area (Å²) in [5.41, 5.74) is 0. The van der Waals surface area contributed by atoms with Crippen LogP contribution in [0.2, 0.25) is 5.15 Å². The number of aromatic nitrogens is 2. The fourth-order valence-electron chi connectivity index (χ4n) is 1.47. The van der Waals surface area contributed by atoms with Gasteiger partial charge >= 0.3 is 0 Å². The third kappa shape index (κ3) is 1.91. The number of hydrogen-bond donors (Lipinski definition) is 0. The first-order chi connectivity index (χ1) is 6.31. The molecule has 0 saturated heterocycles. The number of hydrogen-bond acceptors (Lipinski definition) is 3. The predicted molar refractivity (Wildman–Crippen MR) is 53.1 cm³/mol. The fraction of sp³-hybridized carbons (Fsp3) is 0.556. The third-order valence-electron chi connectivity index (χ3n) is 2.24. The lowest BCUT2D eigenvalue weighted by Crippen LogP contribution is -2.25. The minimum absolute atomic E-state index is 0.518. The molecule has 0 bridgehead atoms. The molecule has 0 aromatic carbocycles. The molecule has 1 aromatic rings. The van der Waals surface area contributed by atoms with E-state index in [2.05, 4.69) is 21.8 Å². The summed E-state index contributed by atoms with van der Waals surface area (Å²) in [6.45, 7) is 3.12. The maximum absolute atomic E-state index is 5.79. The lowest BCUT2D eigenvalue weighted by atomic mass is 10.4. The molecule has 13 heavy (non-hydrogen) atoms. The summed E-state index contributed by atoms with van der Waals surface area (Å²) in [7, 11) is 0. The minimum atomic E-state index is 0.518. The van der Waals surface area contributed by atoms with Crippen LogP contribution in [0.4, 0.5) is 5.82 Å². The van der Waals surface area contributed by atoms with E-state index < -0.39 is 0 Å². The molecule has 70 valence electrons. The van der Waals surface area contributed by atoms with Crippen molar-refractivity contribution in [2.75, 3.05) is 11.4 Å². The van der Waals surface area contributed by atoms with E-state index in [9.17, 15) is 0 Å². The smallest absolute Gasteiger partial charge is 0.134 e. The zero-order chi connectivity index (χ0) is 9.26. The van der Waals surface area contributed by atoms with Crippen LogP contribution in [0.1, 0.15) is 19.8 Å². The van der Waals surface area contributed by atoms with Crippen LogP contribution in [-0.2, 0) is 0 Å². The van der Waals surface area contributed by atoms with Crippen molar-refractivity contribution >= 4 is 17.4 Å². The second kappa shape index (κ2) is 3.50. The molecule has 0 radical (unpaired) electrons. The molecule has 1 aliphatic rings. The van der Waals surface area contributed by atoms with Crippen molar-refractivity contribution in [3.05, 3.63) is 17.5 Å². The van der Waals surface area contributed by atoms with Crippen LogP contribution in [0.15, 0.2) is 12.4 Å². The Hall–Kier alpha value is -0.830. The van der Waals surface area contributed by atoms with E-state index >= 15 is 0 Å². The summed E-state index contributed by atoms with van der Waals surface area (Å²) in [4.78, 5) is 10.3. The Kier molecular flexibility index (Phi) is 2.36. The number of anilines is 1. The third-order valence-corrected chi connectivity index (χ3v) is 2.45. The number of nitrogens with zero attached hydrogens (tertiary/aromatic N) is 3. The topological polar surface area (TPSA) is 29.0 Å². The molecule has 1 saturated carbocycles. The number of halogens is 1. The average molecular weight is 198 g/mol. The molecule has 0 N–H and O–H groups in total. The average Bonchev–Trinajstić information content (AvgIpc) is 2.90. The molecule has 1 aromatic heterocycles. The zero-order valence-electron chi connectivity index (χ0n) is 7.57. The van der Waals surface area contributed by atoms with Gasteiger partial charge in [-0.2, -0.15) is 0 Å². The largest absolute Gasteiger partial charge is 0.354 e. The Morgan fingerprint density at radius 3 is 2.85 bits per heavy atom. The molecular formula is C9H12ClN3. The van der Waals surface area contributed by atoms with Crippen molar-refractivity contribution < 1.29 is 0 Å². The molecule has 0 aliphatic heterocycles. The minimum Gasteiger partial charge on any atom is -0.354 e. The Morgan fingerprint density at radius 1 is 1.54 bits per heavy atom. The van der Waals surface area contributed by atoms with Gasteiger partial charge in [0, 0.05) is 18.7 Å². The van der Waals surface area contributed by atoms with E-state index in [4.69, 9.17) is 11.6 Å². The van der Waals surface area contributed by atoms with E-state index in [-0.39, 0.29) is 0 Å². The van der Waals surface area contributed by atoms with Gasteiger partial charge in [0.05, 0.1) is 0 Å². The molecule has 0 amide bonds. The molecule has 1 heterocycles. The number of rotatable bonds is 3. The van der Waals surface area contributed by atoms with Gasteiger partial charge in [-0.15, -0.1) is 0 Å². The van der Waals surface area contributed by atoms with Crippen LogP contribution in [0.25, 0.3) is 0 Å². The summed E-state index contributed by atoms with van der Waals surface area (Å²) in [5.74, 6) is 0.949. The van der Waals surface area contributed by atoms with E-state index in [0.717, 1.165) is 12.4 Å². The second-order valence-electron chi connectivity index (χ2n) is 3.22. The Bertz CT molecular complexity index is 299. The van der Waals surface area contributed by atoms with Gasteiger partial charge in [0.2, 0.25) is 0 Å². The monoisotopic (exact) mass is 197 g/mol. The highest BCUT2D eigenvalue weighted by atomic mass is 35.5. The van der Waals surface area contributed by atoms with Gasteiger partial charge in [-0.25, -0.2) is 9.97 Å². The van der Waals surface area contributed by atoms with Crippen LogP contribution >= 0.6 is 11.6 Å². The van der Waals surface area contributed by atoms with Gasteiger partial charge in [0.15, 0.2) is 0 Å². The molecule has 3 nitrogen and oxygen atoms in total. The Morgan fingerprint density at radius 2 is 2.31 bits per heavy atom. The van der Waals surface area contributed by atoms with Gasteiger partial charge in [-0.3, -0.25) is 0 Å². The predicted octanol–water partition coefficient (Wildman–Crippen LogP) is 2.12. The summed E-state index contributed by atoms with van der Waals surface area (Å²) in [5, 5.41) is 0.518. The van der Waals surface area contributed by atoms with Crippen molar-refractivity contribution in [3.63, 3.8) is 0 Å². The lowest BCUT2D eigenvalue weighted by molar-refractivity contribution is 0.805. The summed E-state index contributed by atoms with van der Waals surface area (Å²) in [6, 6.07) is 2.50.